The highest BCUT2D eigenvalue weighted by molar-refractivity contribution is 5.67. The van der Waals surface area contributed by atoms with Crippen LogP contribution >= 0.6 is 0 Å². The zero-order valence-corrected chi connectivity index (χ0v) is 16.7. The monoisotopic (exact) mass is 369 g/mol. The second-order valence-electron chi connectivity index (χ2n) is 9.64. The maximum atomic E-state index is 12.0. The standard InChI is InChI=1S/C23H31NO3/c1-14(25)27-23-11-10-22(13-20(23)24)19-7-4-15-12-16(26-3)5-6-17(15)18(19)8-9-21(22,23)2/h5-6,12,18-20H,4,7-11,13,24H2,1-3H3/t18-,19-,20-,21+,22+,23-/m1/s1. The van der Waals surface area contributed by atoms with Crippen molar-refractivity contribution in [1.82, 2.24) is 0 Å². The van der Waals surface area contributed by atoms with Crippen molar-refractivity contribution >= 4 is 5.97 Å². The van der Waals surface area contributed by atoms with E-state index in [4.69, 9.17) is 15.2 Å². The van der Waals surface area contributed by atoms with Gasteiger partial charge in [-0.3, -0.25) is 4.79 Å². The number of benzene rings is 1. The number of esters is 1. The number of hydrogen-bond acceptors (Lipinski definition) is 4. The summed E-state index contributed by atoms with van der Waals surface area (Å²) < 4.78 is 11.5. The van der Waals surface area contributed by atoms with Crippen LogP contribution in [0.5, 0.6) is 5.75 Å². The number of ether oxygens (including phenoxy) is 2. The van der Waals surface area contributed by atoms with E-state index in [1.54, 1.807) is 14.0 Å². The number of carbonyl (C=O) groups is 1. The second-order valence-corrected chi connectivity index (χ2v) is 9.64. The molecule has 2 N–H and O–H groups in total. The van der Waals surface area contributed by atoms with Crippen molar-refractivity contribution in [1.29, 1.82) is 0 Å². The molecular weight excluding hydrogens is 338 g/mol. The average molecular weight is 370 g/mol. The lowest BCUT2D eigenvalue weighted by Gasteiger charge is -2.56. The Morgan fingerprint density at radius 3 is 2.74 bits per heavy atom. The zero-order chi connectivity index (χ0) is 19.0. The van der Waals surface area contributed by atoms with Crippen LogP contribution in [0.3, 0.4) is 0 Å². The molecule has 27 heavy (non-hydrogen) atoms. The highest BCUT2D eigenvalue weighted by atomic mass is 16.6. The van der Waals surface area contributed by atoms with Gasteiger partial charge < -0.3 is 15.2 Å². The van der Waals surface area contributed by atoms with Crippen LogP contribution in [0.15, 0.2) is 18.2 Å². The number of carbonyl (C=O) groups excluding carboxylic acids is 1. The molecule has 1 aromatic rings. The first-order chi connectivity index (χ1) is 12.9. The van der Waals surface area contributed by atoms with Gasteiger partial charge in [0.2, 0.25) is 0 Å². The molecule has 0 radical (unpaired) electrons. The van der Waals surface area contributed by atoms with Gasteiger partial charge in [-0.2, -0.15) is 0 Å². The second kappa shape index (κ2) is 5.50. The summed E-state index contributed by atoms with van der Waals surface area (Å²) in [6.07, 6.45) is 7.67. The molecule has 2 bridgehead atoms. The van der Waals surface area contributed by atoms with Gasteiger partial charge in [0.1, 0.15) is 11.4 Å². The maximum absolute atomic E-state index is 12.0. The third-order valence-electron chi connectivity index (χ3n) is 9.11. The summed E-state index contributed by atoms with van der Waals surface area (Å²) >= 11 is 0. The molecule has 4 nitrogen and oxygen atoms in total. The molecular formula is C23H31NO3. The van der Waals surface area contributed by atoms with Crippen molar-refractivity contribution in [2.75, 3.05) is 7.11 Å². The van der Waals surface area contributed by atoms with E-state index < -0.39 is 5.60 Å². The van der Waals surface area contributed by atoms with Crippen LogP contribution in [0.25, 0.3) is 0 Å². The smallest absolute Gasteiger partial charge is 0.303 e. The van der Waals surface area contributed by atoms with E-state index in [-0.39, 0.29) is 22.8 Å². The van der Waals surface area contributed by atoms with E-state index >= 15 is 0 Å². The van der Waals surface area contributed by atoms with Crippen LogP contribution in [-0.4, -0.2) is 24.7 Å². The van der Waals surface area contributed by atoms with Crippen molar-refractivity contribution in [3.8, 4) is 5.75 Å². The molecule has 0 saturated heterocycles. The van der Waals surface area contributed by atoms with Crippen LogP contribution in [0.1, 0.15) is 69.4 Å². The highest BCUT2D eigenvalue weighted by Crippen LogP contribution is 2.78. The molecule has 4 aliphatic rings. The molecule has 146 valence electrons. The Kier molecular flexibility index (Phi) is 3.57. The van der Waals surface area contributed by atoms with Crippen molar-refractivity contribution in [3.63, 3.8) is 0 Å². The van der Waals surface area contributed by atoms with Crippen LogP contribution in [0.4, 0.5) is 0 Å². The van der Waals surface area contributed by atoms with E-state index in [1.807, 2.05) is 0 Å². The molecule has 0 aromatic heterocycles. The van der Waals surface area contributed by atoms with Crippen molar-refractivity contribution in [3.05, 3.63) is 29.3 Å². The Labute approximate surface area is 161 Å². The molecule has 3 fully saturated rings. The Morgan fingerprint density at radius 2 is 2.04 bits per heavy atom. The molecule has 0 spiro atoms. The van der Waals surface area contributed by atoms with E-state index in [1.165, 1.54) is 17.5 Å². The highest BCUT2D eigenvalue weighted by Gasteiger charge is 2.78. The number of fused-ring (bicyclic) bond motifs is 3. The molecule has 4 heteroatoms. The predicted octanol–water partition coefficient (Wildman–Crippen LogP) is 3.95. The third-order valence-corrected chi connectivity index (χ3v) is 9.11. The summed E-state index contributed by atoms with van der Waals surface area (Å²) in [6.45, 7) is 3.93. The van der Waals surface area contributed by atoms with Gasteiger partial charge in [-0.1, -0.05) is 13.0 Å². The minimum absolute atomic E-state index is 0.0101. The molecule has 5 rings (SSSR count). The fraction of sp³-hybridized carbons (Fsp3) is 0.696. The molecule has 4 aliphatic carbocycles. The lowest BCUT2D eigenvalue weighted by atomic mass is 9.48. The third kappa shape index (κ3) is 1.95. The predicted molar refractivity (Wildman–Crippen MR) is 104 cm³/mol. The fourth-order valence-electron chi connectivity index (χ4n) is 8.04. The molecule has 3 saturated carbocycles. The molecule has 6 atom stereocenters. The summed E-state index contributed by atoms with van der Waals surface area (Å²) in [5, 5.41) is 0. The quantitative estimate of drug-likeness (QED) is 0.802. The number of nitrogens with two attached hydrogens (primary N) is 1. The van der Waals surface area contributed by atoms with Crippen molar-refractivity contribution < 1.29 is 14.3 Å². The summed E-state index contributed by atoms with van der Waals surface area (Å²) in [5.41, 5.74) is 9.45. The van der Waals surface area contributed by atoms with E-state index in [0.29, 0.717) is 11.8 Å². The summed E-state index contributed by atoms with van der Waals surface area (Å²) in [4.78, 5) is 12.0. The van der Waals surface area contributed by atoms with Gasteiger partial charge in [0.15, 0.2) is 0 Å². The van der Waals surface area contributed by atoms with Crippen LogP contribution in [0.2, 0.25) is 0 Å². The number of hydrogen-bond donors (Lipinski definition) is 1. The molecule has 0 aliphatic heterocycles. The van der Waals surface area contributed by atoms with Gasteiger partial charge in [0.25, 0.3) is 0 Å². The van der Waals surface area contributed by atoms with Crippen molar-refractivity contribution in [2.45, 2.75) is 76.4 Å². The van der Waals surface area contributed by atoms with Crippen LogP contribution in [0, 0.1) is 16.7 Å². The van der Waals surface area contributed by atoms with E-state index in [9.17, 15) is 4.79 Å². The minimum Gasteiger partial charge on any atom is -0.497 e. The molecule has 0 heterocycles. The largest absolute Gasteiger partial charge is 0.497 e. The summed E-state index contributed by atoms with van der Waals surface area (Å²) in [7, 11) is 1.74. The summed E-state index contributed by atoms with van der Waals surface area (Å²) in [5.74, 6) is 2.03. The maximum Gasteiger partial charge on any atom is 0.303 e. The first kappa shape index (κ1) is 17.5. The first-order valence-electron chi connectivity index (χ1n) is 10.5. The van der Waals surface area contributed by atoms with Crippen molar-refractivity contribution in [2.24, 2.45) is 22.5 Å². The van der Waals surface area contributed by atoms with E-state index in [0.717, 1.165) is 44.3 Å². The first-order valence-corrected chi connectivity index (χ1v) is 10.5. The van der Waals surface area contributed by atoms with Gasteiger partial charge in [-0.25, -0.2) is 0 Å². The minimum atomic E-state index is -0.454. The SMILES string of the molecule is COc1ccc2c(c1)CC[C@@H]1[C@@H]2CC[C@@]2(C)[C@]13CC[C@@]2(OC(C)=O)[C@H](N)C3. The Morgan fingerprint density at radius 1 is 1.22 bits per heavy atom. The molecule has 0 unspecified atom stereocenters. The zero-order valence-electron chi connectivity index (χ0n) is 16.7. The lowest BCUT2D eigenvalue weighted by molar-refractivity contribution is -0.176. The summed E-state index contributed by atoms with van der Waals surface area (Å²) in [6, 6.07) is 6.62. The number of aryl methyl sites for hydroxylation is 1. The van der Waals surface area contributed by atoms with Gasteiger partial charge in [-0.15, -0.1) is 0 Å². The average Bonchev–Trinajstić information content (AvgIpc) is 3.00. The molecule has 0 amide bonds. The van der Waals surface area contributed by atoms with E-state index in [2.05, 4.69) is 25.1 Å². The van der Waals surface area contributed by atoms with Gasteiger partial charge in [-0.05, 0) is 85.5 Å². The Bertz CT molecular complexity index is 807. The lowest BCUT2D eigenvalue weighted by Crippen LogP contribution is -2.56. The van der Waals surface area contributed by atoms with Gasteiger partial charge in [0, 0.05) is 18.4 Å². The topological polar surface area (TPSA) is 61.5 Å². The Hall–Kier alpha value is -1.55. The van der Waals surface area contributed by atoms with Crippen LogP contribution < -0.4 is 10.5 Å². The normalized spacial score (nSPS) is 44.2. The van der Waals surface area contributed by atoms with Crippen LogP contribution in [-0.2, 0) is 16.0 Å². The number of methoxy groups -OCH3 is 1. The molecule has 1 aromatic carbocycles. The Balaban J connectivity index is 1.57. The fourth-order valence-corrected chi connectivity index (χ4v) is 8.04. The van der Waals surface area contributed by atoms with Gasteiger partial charge in [0.05, 0.1) is 7.11 Å². The number of rotatable bonds is 2. The van der Waals surface area contributed by atoms with Gasteiger partial charge >= 0.3 is 5.97 Å².